The summed E-state index contributed by atoms with van der Waals surface area (Å²) in [6.45, 7) is 0. The van der Waals surface area contributed by atoms with Gasteiger partial charge in [-0.2, -0.15) is 5.43 Å². The van der Waals surface area contributed by atoms with Crippen molar-refractivity contribution in [3.8, 4) is 0 Å². The fourth-order valence-electron chi connectivity index (χ4n) is 0.646. The lowest BCUT2D eigenvalue weighted by molar-refractivity contribution is 0.969. The van der Waals surface area contributed by atoms with Crippen LogP contribution in [0.5, 0.6) is 0 Å². The lowest BCUT2D eigenvalue weighted by atomic mass is 10.3. The quantitative estimate of drug-likeness (QED) is 0.582. The summed E-state index contributed by atoms with van der Waals surface area (Å²) in [4.78, 5) is 0. The first-order valence-corrected chi connectivity index (χ1v) is 3.52. The summed E-state index contributed by atoms with van der Waals surface area (Å²) in [6, 6.07) is 0. The van der Waals surface area contributed by atoms with Crippen LogP contribution >= 0.6 is 11.5 Å². The van der Waals surface area contributed by atoms with E-state index in [1.165, 1.54) is 11.5 Å². The highest BCUT2D eigenvalue weighted by Gasteiger charge is 2.05. The fraction of sp³-hybridized carbons (Fsp3) is 0. The number of hydrogen-bond acceptors (Lipinski definition) is 4. The zero-order valence-electron chi connectivity index (χ0n) is 4.93. The zero-order valence-corrected chi connectivity index (χ0v) is 5.75. The molecule has 2 rings (SSSR count). The van der Waals surface area contributed by atoms with Crippen molar-refractivity contribution in [1.82, 2.24) is 15.0 Å². The van der Waals surface area contributed by atoms with Gasteiger partial charge in [-0.3, -0.25) is 0 Å². The number of rotatable bonds is 1. The largest absolute Gasteiger partial charge is 0.158 e. The second-order valence-corrected chi connectivity index (χ2v) is 2.32. The van der Waals surface area contributed by atoms with Gasteiger partial charge >= 0.3 is 0 Å². The van der Waals surface area contributed by atoms with Crippen LogP contribution in [0.15, 0.2) is 22.8 Å². The van der Waals surface area contributed by atoms with Gasteiger partial charge in [-0.25, -0.2) is 0 Å². The van der Waals surface area contributed by atoms with Gasteiger partial charge in [0.2, 0.25) is 0 Å². The lowest BCUT2D eigenvalue weighted by Gasteiger charge is -1.83. The maximum absolute atomic E-state index is 3.82. The Labute approximate surface area is 61.4 Å². The predicted octanol–water partition coefficient (Wildman–Crippen LogP) is 0.374. The molecule has 49 valence electrons. The summed E-state index contributed by atoms with van der Waals surface area (Å²) in [7, 11) is 0. The molecular formula is C5H3N4S. The summed E-state index contributed by atoms with van der Waals surface area (Å²) in [5.41, 5.74) is 5.24. The summed E-state index contributed by atoms with van der Waals surface area (Å²) >= 11 is 1.31. The number of hydrogen-bond donors (Lipinski definition) is 0. The van der Waals surface area contributed by atoms with Crippen LogP contribution in [0.25, 0.3) is 0 Å². The van der Waals surface area contributed by atoms with Crippen LogP contribution in [0.4, 0.5) is 0 Å². The van der Waals surface area contributed by atoms with E-state index in [-0.39, 0.29) is 0 Å². The first-order chi connectivity index (χ1) is 4.97. The molecule has 10 heavy (non-hydrogen) atoms. The predicted molar refractivity (Wildman–Crippen MR) is 37.7 cm³/mol. The van der Waals surface area contributed by atoms with Gasteiger partial charge in [-0.05, 0) is 17.6 Å². The SMILES string of the molecule is C1=CC(c2csnn2)=N[N]1. The minimum absolute atomic E-state index is 0.786. The molecule has 0 bridgehead atoms. The van der Waals surface area contributed by atoms with Gasteiger partial charge in [0.1, 0.15) is 11.4 Å². The molecule has 0 amide bonds. The van der Waals surface area contributed by atoms with Crippen LogP contribution < -0.4 is 5.43 Å². The highest BCUT2D eigenvalue weighted by atomic mass is 32.1. The molecule has 2 heterocycles. The Balaban J connectivity index is 2.36. The average molecular weight is 151 g/mol. The van der Waals surface area contributed by atoms with E-state index < -0.39 is 0 Å². The molecule has 1 aliphatic rings. The van der Waals surface area contributed by atoms with Gasteiger partial charge in [0, 0.05) is 5.38 Å². The first-order valence-electron chi connectivity index (χ1n) is 2.68. The van der Waals surface area contributed by atoms with Crippen molar-refractivity contribution in [1.29, 1.82) is 0 Å². The Bertz CT molecular complexity index is 274. The van der Waals surface area contributed by atoms with Gasteiger partial charge < -0.3 is 0 Å². The summed E-state index contributed by atoms with van der Waals surface area (Å²) in [6.07, 6.45) is 3.44. The molecule has 5 heteroatoms. The molecule has 0 atom stereocenters. The van der Waals surface area contributed by atoms with E-state index in [2.05, 4.69) is 20.1 Å². The van der Waals surface area contributed by atoms with Crippen LogP contribution in [0.2, 0.25) is 0 Å². The number of nitrogens with zero attached hydrogens (tertiary/aromatic N) is 4. The van der Waals surface area contributed by atoms with Crippen LogP contribution in [-0.4, -0.2) is 15.3 Å². The molecule has 1 aliphatic heterocycles. The Morgan fingerprint density at radius 1 is 1.40 bits per heavy atom. The maximum atomic E-state index is 3.82. The molecule has 1 aromatic rings. The topological polar surface area (TPSA) is 52.2 Å². The van der Waals surface area contributed by atoms with Crippen LogP contribution in [0.3, 0.4) is 0 Å². The van der Waals surface area contributed by atoms with E-state index in [9.17, 15) is 0 Å². The van der Waals surface area contributed by atoms with Crippen molar-refractivity contribution in [3.63, 3.8) is 0 Å². The molecule has 0 spiro atoms. The second kappa shape index (κ2) is 2.18. The van der Waals surface area contributed by atoms with Crippen LogP contribution in [0, 0.1) is 0 Å². The molecule has 0 saturated heterocycles. The summed E-state index contributed by atoms with van der Waals surface area (Å²) < 4.78 is 3.70. The highest BCUT2D eigenvalue weighted by molar-refractivity contribution is 7.03. The maximum Gasteiger partial charge on any atom is 0.126 e. The zero-order chi connectivity index (χ0) is 6.81. The molecule has 0 N–H and O–H groups in total. The van der Waals surface area contributed by atoms with Crippen LogP contribution in [0.1, 0.15) is 5.69 Å². The van der Waals surface area contributed by atoms with E-state index >= 15 is 0 Å². The minimum Gasteiger partial charge on any atom is -0.158 e. The van der Waals surface area contributed by atoms with Gasteiger partial charge in [-0.1, -0.05) is 4.49 Å². The van der Waals surface area contributed by atoms with E-state index in [4.69, 9.17) is 0 Å². The molecule has 1 aromatic heterocycles. The van der Waals surface area contributed by atoms with Gasteiger partial charge in [0.15, 0.2) is 0 Å². The standard InChI is InChI=1S/C5H3N4S/c1-2-6-7-4(1)5-3-10-9-8-5/h1-3H. The number of allylic oxidation sites excluding steroid dienone is 1. The Morgan fingerprint density at radius 2 is 2.40 bits per heavy atom. The molecule has 0 aliphatic carbocycles. The minimum atomic E-state index is 0.786. The van der Waals surface area contributed by atoms with Gasteiger partial charge in [-0.15, -0.1) is 10.2 Å². The van der Waals surface area contributed by atoms with Gasteiger partial charge in [0.25, 0.3) is 0 Å². The van der Waals surface area contributed by atoms with E-state index in [0.29, 0.717) is 0 Å². The van der Waals surface area contributed by atoms with E-state index in [0.717, 1.165) is 11.4 Å². The van der Waals surface area contributed by atoms with E-state index in [1.807, 2.05) is 5.38 Å². The molecule has 4 nitrogen and oxygen atoms in total. The van der Waals surface area contributed by atoms with Gasteiger partial charge in [0.05, 0.1) is 6.20 Å². The third kappa shape index (κ3) is 0.801. The smallest absolute Gasteiger partial charge is 0.126 e. The first kappa shape index (κ1) is 5.55. The Kier molecular flexibility index (Phi) is 1.21. The molecular weight excluding hydrogens is 148 g/mol. The third-order valence-corrected chi connectivity index (χ3v) is 1.59. The van der Waals surface area contributed by atoms with Crippen molar-refractivity contribution < 1.29 is 0 Å². The van der Waals surface area contributed by atoms with Crippen molar-refractivity contribution in [3.05, 3.63) is 23.3 Å². The Morgan fingerprint density at radius 3 is 3.00 bits per heavy atom. The van der Waals surface area contributed by atoms with Crippen LogP contribution in [-0.2, 0) is 0 Å². The van der Waals surface area contributed by atoms with Crippen molar-refractivity contribution >= 4 is 17.2 Å². The molecule has 0 fully saturated rings. The van der Waals surface area contributed by atoms with Crippen molar-refractivity contribution in [2.75, 3.05) is 0 Å². The van der Waals surface area contributed by atoms with Crippen molar-refractivity contribution in [2.45, 2.75) is 0 Å². The fourth-order valence-corrected chi connectivity index (χ4v) is 1.10. The molecule has 1 radical (unpaired) electrons. The number of aromatic nitrogens is 2. The summed E-state index contributed by atoms with van der Waals surface area (Å²) in [5, 5.41) is 9.47. The third-order valence-electron chi connectivity index (χ3n) is 1.09. The Hall–Kier alpha value is -1.23. The average Bonchev–Trinajstić information content (AvgIpc) is 2.59. The van der Waals surface area contributed by atoms with E-state index in [1.54, 1.807) is 12.3 Å². The monoisotopic (exact) mass is 151 g/mol. The lowest BCUT2D eigenvalue weighted by Crippen LogP contribution is -1.94. The van der Waals surface area contributed by atoms with Crippen molar-refractivity contribution in [2.24, 2.45) is 5.10 Å². The molecule has 0 saturated carbocycles. The normalized spacial score (nSPS) is 15.0. The molecule has 0 aromatic carbocycles. The summed E-state index contributed by atoms with van der Waals surface area (Å²) in [5.74, 6) is 0. The highest BCUT2D eigenvalue weighted by Crippen LogP contribution is 2.03. The second-order valence-electron chi connectivity index (χ2n) is 1.71. The molecule has 0 unspecified atom stereocenters.